The molecule has 0 spiro atoms. The molecule has 4 rings (SSSR count). The lowest BCUT2D eigenvalue weighted by Gasteiger charge is -2.36. The third-order valence-corrected chi connectivity index (χ3v) is 7.85. The zero-order valence-electron chi connectivity index (χ0n) is 21.9. The molecule has 0 fully saturated rings. The summed E-state index contributed by atoms with van der Waals surface area (Å²) >= 11 is 0. The summed E-state index contributed by atoms with van der Waals surface area (Å²) in [4.78, 5) is 0. The topological polar surface area (TPSA) is 8.81 Å². The minimum Gasteiger partial charge on any atom is -0.220 e. The Morgan fingerprint density at radius 3 is 1.88 bits per heavy atom. The minimum atomic E-state index is -0.0944. The molecule has 0 radical (unpaired) electrons. The first-order valence-electron chi connectivity index (χ1n) is 12.8. The molecule has 0 unspecified atom stereocenters. The van der Waals surface area contributed by atoms with Crippen LogP contribution in [-0.2, 0) is 5.54 Å². The molecule has 0 N–H and O–H groups in total. The molecular formula is C31H41N2+. The summed E-state index contributed by atoms with van der Waals surface area (Å²) in [6.45, 7) is 23.1. The fourth-order valence-electron chi connectivity index (χ4n) is 5.73. The Hall–Kier alpha value is -2.61. The maximum Gasteiger partial charge on any atom is 0.295 e. The molecule has 2 heterocycles. The van der Waals surface area contributed by atoms with E-state index in [4.69, 9.17) is 0 Å². The van der Waals surface area contributed by atoms with Crippen LogP contribution in [0.25, 0.3) is 22.6 Å². The zero-order chi connectivity index (χ0) is 24.1. The number of rotatable bonds is 6. The van der Waals surface area contributed by atoms with Crippen LogP contribution in [0, 0.1) is 0 Å². The van der Waals surface area contributed by atoms with Gasteiger partial charge in [0.25, 0.3) is 5.82 Å². The smallest absolute Gasteiger partial charge is 0.220 e. The Labute approximate surface area is 201 Å². The quantitative estimate of drug-likeness (QED) is 0.340. The summed E-state index contributed by atoms with van der Waals surface area (Å²) in [6, 6.07) is 13.7. The van der Waals surface area contributed by atoms with Gasteiger partial charge in [0.2, 0.25) is 0 Å². The van der Waals surface area contributed by atoms with Crippen molar-refractivity contribution in [1.29, 1.82) is 0 Å². The van der Waals surface area contributed by atoms with Crippen molar-refractivity contribution in [2.24, 2.45) is 0 Å². The second-order valence-electron chi connectivity index (χ2n) is 10.6. The van der Waals surface area contributed by atoms with Crippen LogP contribution in [0.5, 0.6) is 0 Å². The lowest BCUT2D eigenvalue weighted by molar-refractivity contribution is -0.740. The summed E-state index contributed by atoms with van der Waals surface area (Å²) in [5.74, 6) is 2.67. The molecule has 2 heteroatoms. The molecule has 0 saturated carbocycles. The number of allylic oxidation sites excluding steroid dienone is 1. The lowest BCUT2D eigenvalue weighted by atomic mass is 9.77. The third-order valence-electron chi connectivity index (χ3n) is 7.85. The Bertz CT molecular complexity index is 1160. The van der Waals surface area contributed by atoms with E-state index in [1.54, 1.807) is 0 Å². The first kappa shape index (κ1) is 23.5. The normalized spacial score (nSPS) is 14.8. The van der Waals surface area contributed by atoms with Gasteiger partial charge in [0, 0.05) is 16.7 Å². The molecule has 2 nitrogen and oxygen atoms in total. The van der Waals surface area contributed by atoms with Gasteiger partial charge in [-0.25, -0.2) is 4.57 Å². The highest BCUT2D eigenvalue weighted by atomic mass is 15.2. The van der Waals surface area contributed by atoms with Crippen molar-refractivity contribution in [2.75, 3.05) is 0 Å². The molecule has 0 atom stereocenters. The van der Waals surface area contributed by atoms with Crippen LogP contribution in [0.15, 0.2) is 55.4 Å². The van der Waals surface area contributed by atoms with Gasteiger partial charge in [-0.3, -0.25) is 0 Å². The fourth-order valence-corrected chi connectivity index (χ4v) is 5.73. The number of imidazole rings is 1. The third kappa shape index (κ3) is 3.50. The summed E-state index contributed by atoms with van der Waals surface area (Å²) in [6.07, 6.45) is 6.65. The van der Waals surface area contributed by atoms with Gasteiger partial charge in [0.15, 0.2) is 0 Å². The van der Waals surface area contributed by atoms with Gasteiger partial charge in [-0.1, -0.05) is 92.3 Å². The average molecular weight is 442 g/mol. The van der Waals surface area contributed by atoms with Crippen LogP contribution < -0.4 is 4.57 Å². The molecule has 1 aromatic heterocycles. The van der Waals surface area contributed by atoms with Gasteiger partial charge < -0.3 is 0 Å². The van der Waals surface area contributed by atoms with Crippen LogP contribution >= 0.6 is 0 Å². The van der Waals surface area contributed by atoms with Gasteiger partial charge >= 0.3 is 0 Å². The first-order valence-corrected chi connectivity index (χ1v) is 12.8. The number of nitrogens with zero attached hydrogens (tertiary/aromatic N) is 2. The van der Waals surface area contributed by atoms with E-state index in [0.29, 0.717) is 17.8 Å². The monoisotopic (exact) mass is 441 g/mol. The SMILES string of the molecule is C=C1c2ccccc2-c2n(-c3c(C(C)C)cc(C(C)C)cc3C(C)C)cc[n+]2C1(CC)CC. The van der Waals surface area contributed by atoms with E-state index in [1.807, 2.05) is 0 Å². The Balaban J connectivity index is 2.13. The Kier molecular flexibility index (Phi) is 6.16. The minimum absolute atomic E-state index is 0.0944. The van der Waals surface area contributed by atoms with Gasteiger partial charge in [0.05, 0.1) is 5.56 Å². The van der Waals surface area contributed by atoms with Crippen LogP contribution in [0.1, 0.15) is 108 Å². The number of aromatic nitrogens is 2. The number of fused-ring (bicyclic) bond motifs is 3. The van der Waals surface area contributed by atoms with Crippen molar-refractivity contribution in [3.8, 4) is 17.1 Å². The molecule has 2 aromatic carbocycles. The molecule has 0 amide bonds. The predicted molar refractivity (Wildman–Crippen MR) is 141 cm³/mol. The highest BCUT2D eigenvalue weighted by Gasteiger charge is 2.46. The van der Waals surface area contributed by atoms with E-state index in [9.17, 15) is 0 Å². The van der Waals surface area contributed by atoms with Crippen LogP contribution in [0.2, 0.25) is 0 Å². The molecule has 3 aromatic rings. The van der Waals surface area contributed by atoms with Crippen molar-refractivity contribution in [1.82, 2.24) is 4.57 Å². The van der Waals surface area contributed by atoms with E-state index in [0.717, 1.165) is 12.8 Å². The highest BCUT2D eigenvalue weighted by molar-refractivity contribution is 5.82. The van der Waals surface area contributed by atoms with E-state index in [1.165, 1.54) is 44.9 Å². The number of benzene rings is 2. The van der Waals surface area contributed by atoms with Gasteiger partial charge in [-0.05, 0) is 47.8 Å². The van der Waals surface area contributed by atoms with Crippen molar-refractivity contribution >= 4 is 5.57 Å². The number of hydrogen-bond acceptors (Lipinski definition) is 0. The van der Waals surface area contributed by atoms with Crippen molar-refractivity contribution < 1.29 is 4.57 Å². The number of hydrogen-bond donors (Lipinski definition) is 0. The maximum absolute atomic E-state index is 4.62. The summed E-state index contributed by atoms with van der Waals surface area (Å²) in [7, 11) is 0. The summed E-state index contributed by atoms with van der Waals surface area (Å²) in [5, 5.41) is 0. The molecular weight excluding hydrogens is 400 g/mol. The summed E-state index contributed by atoms with van der Waals surface area (Å²) in [5.41, 5.74) is 9.38. The Morgan fingerprint density at radius 2 is 1.39 bits per heavy atom. The predicted octanol–water partition coefficient (Wildman–Crippen LogP) is 8.34. The average Bonchev–Trinajstić information content (AvgIpc) is 3.24. The second kappa shape index (κ2) is 8.63. The molecule has 33 heavy (non-hydrogen) atoms. The van der Waals surface area contributed by atoms with Crippen molar-refractivity contribution in [3.63, 3.8) is 0 Å². The molecule has 0 saturated heterocycles. The van der Waals surface area contributed by atoms with Crippen LogP contribution in [0.4, 0.5) is 0 Å². The molecule has 1 aliphatic rings. The van der Waals surface area contributed by atoms with E-state index in [-0.39, 0.29) is 5.54 Å². The molecule has 1 aliphatic heterocycles. The van der Waals surface area contributed by atoms with Gasteiger partial charge in [0.1, 0.15) is 23.6 Å². The Morgan fingerprint density at radius 1 is 0.848 bits per heavy atom. The van der Waals surface area contributed by atoms with E-state index in [2.05, 4.69) is 120 Å². The van der Waals surface area contributed by atoms with Gasteiger partial charge in [-0.15, -0.1) is 0 Å². The summed E-state index contributed by atoms with van der Waals surface area (Å²) < 4.78 is 5.00. The standard InChI is InChI=1S/C31H41N2/c1-10-31(11-2)23(9)25-14-12-13-15-26(25)30-32(16-17-33(30)31)29-27(21(5)6)18-24(20(3)4)19-28(29)22(7)8/h12-22H,9-11H2,1-8H3/q+1. The van der Waals surface area contributed by atoms with Crippen molar-refractivity contribution in [3.05, 3.63) is 77.6 Å². The molecule has 174 valence electrons. The zero-order valence-corrected chi connectivity index (χ0v) is 21.9. The molecule has 0 aliphatic carbocycles. The molecule has 0 bridgehead atoms. The largest absolute Gasteiger partial charge is 0.295 e. The van der Waals surface area contributed by atoms with Crippen molar-refractivity contribution in [2.45, 2.75) is 91.5 Å². The lowest BCUT2D eigenvalue weighted by Crippen LogP contribution is -2.58. The van der Waals surface area contributed by atoms with Crippen LogP contribution in [0.3, 0.4) is 0 Å². The first-order chi connectivity index (χ1) is 15.7. The second-order valence-corrected chi connectivity index (χ2v) is 10.6. The van der Waals surface area contributed by atoms with E-state index >= 15 is 0 Å². The highest BCUT2D eigenvalue weighted by Crippen LogP contribution is 2.45. The fraction of sp³-hybridized carbons (Fsp3) is 0.452. The maximum atomic E-state index is 4.62. The van der Waals surface area contributed by atoms with Crippen LogP contribution in [-0.4, -0.2) is 4.57 Å². The van der Waals surface area contributed by atoms with Gasteiger partial charge in [-0.2, -0.15) is 4.57 Å². The van der Waals surface area contributed by atoms with E-state index < -0.39 is 0 Å².